The van der Waals surface area contributed by atoms with Crippen LogP contribution < -0.4 is 0 Å². The van der Waals surface area contributed by atoms with E-state index in [1.54, 1.807) is 19.1 Å². The van der Waals surface area contributed by atoms with E-state index < -0.39 is 0 Å². The molecule has 190 valence electrons. The Bertz CT molecular complexity index is 1140. The Hall–Kier alpha value is -2.80. The standard InChI is InChI=1S/C29H34N2O4S/c1-2-34-28(33)21-15-13-20(14-16-21)25-18-17-24(35-25)19-26-27(32)31(23-11-7-4-8-12-23)29(36-26)30-22-9-5-3-6-10-22/h13-19,22-23H,2-12H2,1H3. The number of amidine groups is 1. The number of aliphatic imine (C=N–C) groups is 1. The van der Waals surface area contributed by atoms with Gasteiger partial charge >= 0.3 is 5.97 Å². The summed E-state index contributed by atoms with van der Waals surface area (Å²) in [4.78, 5) is 33.2. The van der Waals surface area contributed by atoms with Gasteiger partial charge in [-0.15, -0.1) is 0 Å². The molecule has 2 saturated carbocycles. The van der Waals surface area contributed by atoms with Gasteiger partial charge in [-0.3, -0.25) is 14.7 Å². The molecule has 3 fully saturated rings. The highest BCUT2D eigenvalue weighted by molar-refractivity contribution is 8.18. The molecular weight excluding hydrogens is 472 g/mol. The first-order chi connectivity index (χ1) is 17.6. The van der Waals surface area contributed by atoms with E-state index in [0.29, 0.717) is 34.6 Å². The zero-order chi connectivity index (χ0) is 24.9. The smallest absolute Gasteiger partial charge is 0.338 e. The Kier molecular flexibility index (Phi) is 7.95. The normalized spacial score (nSPS) is 22.0. The Labute approximate surface area is 217 Å². The van der Waals surface area contributed by atoms with Gasteiger partial charge in [-0.1, -0.05) is 50.7 Å². The summed E-state index contributed by atoms with van der Waals surface area (Å²) in [6, 6.07) is 11.5. The molecule has 2 aromatic rings. The Morgan fingerprint density at radius 2 is 1.72 bits per heavy atom. The summed E-state index contributed by atoms with van der Waals surface area (Å²) in [6.07, 6.45) is 13.5. The second kappa shape index (κ2) is 11.5. The molecule has 1 aromatic carbocycles. The van der Waals surface area contributed by atoms with Gasteiger partial charge in [0.1, 0.15) is 11.5 Å². The molecule has 2 heterocycles. The van der Waals surface area contributed by atoms with Crippen molar-refractivity contribution >= 4 is 34.9 Å². The quantitative estimate of drug-likeness (QED) is 0.310. The Balaban J connectivity index is 1.36. The third-order valence-corrected chi connectivity index (χ3v) is 8.22. The number of ether oxygens (including phenoxy) is 1. The number of benzene rings is 1. The van der Waals surface area contributed by atoms with Crippen molar-refractivity contribution in [3.63, 3.8) is 0 Å². The van der Waals surface area contributed by atoms with Crippen molar-refractivity contribution < 1.29 is 18.7 Å². The van der Waals surface area contributed by atoms with Crippen molar-refractivity contribution in [2.45, 2.75) is 83.2 Å². The summed E-state index contributed by atoms with van der Waals surface area (Å²) in [7, 11) is 0. The van der Waals surface area contributed by atoms with Crippen LogP contribution in [-0.2, 0) is 9.53 Å². The van der Waals surface area contributed by atoms with E-state index >= 15 is 0 Å². The second-order valence-electron chi connectivity index (χ2n) is 9.78. The van der Waals surface area contributed by atoms with Gasteiger partial charge in [0.15, 0.2) is 5.17 Å². The first-order valence-corrected chi connectivity index (χ1v) is 14.1. The van der Waals surface area contributed by atoms with Gasteiger partial charge in [0, 0.05) is 17.7 Å². The molecule has 1 amide bonds. The van der Waals surface area contributed by atoms with E-state index in [1.807, 2.05) is 35.2 Å². The van der Waals surface area contributed by atoms with Crippen molar-refractivity contribution in [1.82, 2.24) is 4.90 Å². The van der Waals surface area contributed by atoms with Gasteiger partial charge in [-0.25, -0.2) is 4.79 Å². The zero-order valence-corrected chi connectivity index (χ0v) is 21.7. The number of carbonyl (C=O) groups is 2. The SMILES string of the molecule is CCOC(=O)c1ccc(-c2ccc(C=C3SC(=NC4CCCCC4)N(C4CCCCC4)C3=O)o2)cc1. The van der Waals surface area contributed by atoms with Gasteiger partial charge in [-0.05, 0) is 68.6 Å². The molecule has 7 heteroatoms. The van der Waals surface area contributed by atoms with Crippen LogP contribution in [0.5, 0.6) is 0 Å². The molecule has 1 aromatic heterocycles. The molecule has 0 bridgehead atoms. The largest absolute Gasteiger partial charge is 0.462 e. The third kappa shape index (κ3) is 5.61. The number of hydrogen-bond donors (Lipinski definition) is 0. The summed E-state index contributed by atoms with van der Waals surface area (Å²) in [5.74, 6) is 1.04. The van der Waals surface area contributed by atoms with E-state index in [0.717, 1.165) is 36.4 Å². The highest BCUT2D eigenvalue weighted by Gasteiger charge is 2.39. The van der Waals surface area contributed by atoms with Gasteiger partial charge in [0.05, 0.1) is 23.1 Å². The van der Waals surface area contributed by atoms with Crippen LogP contribution in [0.25, 0.3) is 17.4 Å². The monoisotopic (exact) mass is 506 g/mol. The molecular formula is C29H34N2O4S. The molecule has 0 radical (unpaired) electrons. The lowest BCUT2D eigenvalue weighted by Crippen LogP contribution is -2.41. The fourth-order valence-corrected chi connectivity index (χ4v) is 6.39. The lowest BCUT2D eigenvalue weighted by Gasteiger charge is -2.31. The van der Waals surface area contributed by atoms with E-state index in [2.05, 4.69) is 0 Å². The summed E-state index contributed by atoms with van der Waals surface area (Å²) in [5.41, 5.74) is 1.37. The third-order valence-electron chi connectivity index (χ3n) is 7.23. The van der Waals surface area contributed by atoms with Gasteiger partial charge in [0.2, 0.25) is 0 Å². The predicted molar refractivity (Wildman–Crippen MR) is 144 cm³/mol. The molecule has 0 unspecified atom stereocenters. The predicted octanol–water partition coefficient (Wildman–Crippen LogP) is 7.06. The number of furan rings is 1. The number of nitrogens with zero attached hydrogens (tertiary/aromatic N) is 2. The zero-order valence-electron chi connectivity index (χ0n) is 20.9. The molecule has 36 heavy (non-hydrogen) atoms. The molecule has 6 nitrogen and oxygen atoms in total. The number of amides is 1. The van der Waals surface area contributed by atoms with Crippen molar-refractivity contribution in [3.05, 3.63) is 52.6 Å². The van der Waals surface area contributed by atoms with Gasteiger partial charge < -0.3 is 9.15 Å². The highest BCUT2D eigenvalue weighted by atomic mass is 32.2. The molecule has 3 aliphatic rings. The highest BCUT2D eigenvalue weighted by Crippen LogP contribution is 2.39. The number of esters is 1. The summed E-state index contributed by atoms with van der Waals surface area (Å²) >= 11 is 1.50. The maximum Gasteiger partial charge on any atom is 0.338 e. The lowest BCUT2D eigenvalue weighted by molar-refractivity contribution is -0.124. The fraction of sp³-hybridized carbons (Fsp3) is 0.483. The summed E-state index contributed by atoms with van der Waals surface area (Å²) < 4.78 is 11.1. The number of rotatable bonds is 6. The minimum atomic E-state index is -0.334. The Morgan fingerprint density at radius 3 is 2.42 bits per heavy atom. The first kappa shape index (κ1) is 24.9. The Morgan fingerprint density at radius 1 is 1.03 bits per heavy atom. The lowest BCUT2D eigenvalue weighted by atomic mass is 9.94. The molecule has 1 saturated heterocycles. The first-order valence-electron chi connectivity index (χ1n) is 13.3. The second-order valence-corrected chi connectivity index (χ2v) is 10.8. The summed E-state index contributed by atoms with van der Waals surface area (Å²) in [5, 5.41) is 0.881. The van der Waals surface area contributed by atoms with Crippen LogP contribution in [0.4, 0.5) is 0 Å². The minimum Gasteiger partial charge on any atom is -0.462 e. The van der Waals surface area contributed by atoms with E-state index in [9.17, 15) is 9.59 Å². The van der Waals surface area contributed by atoms with Crippen molar-refractivity contribution in [2.75, 3.05) is 6.61 Å². The van der Waals surface area contributed by atoms with Crippen LogP contribution in [-0.4, -0.2) is 40.6 Å². The maximum absolute atomic E-state index is 13.6. The van der Waals surface area contributed by atoms with Crippen LogP contribution in [0.2, 0.25) is 0 Å². The number of hydrogen-bond acceptors (Lipinski definition) is 6. The van der Waals surface area contributed by atoms with Gasteiger partial charge in [0.25, 0.3) is 5.91 Å². The van der Waals surface area contributed by atoms with Crippen LogP contribution in [0.3, 0.4) is 0 Å². The van der Waals surface area contributed by atoms with E-state index in [1.165, 1.54) is 50.3 Å². The summed E-state index contributed by atoms with van der Waals surface area (Å²) in [6.45, 7) is 2.14. The number of carbonyl (C=O) groups excluding carboxylic acids is 2. The topological polar surface area (TPSA) is 72.1 Å². The van der Waals surface area contributed by atoms with Crippen LogP contribution >= 0.6 is 11.8 Å². The van der Waals surface area contributed by atoms with Crippen LogP contribution in [0.15, 0.2) is 50.7 Å². The average molecular weight is 507 g/mol. The fourth-order valence-electron chi connectivity index (χ4n) is 5.30. The molecule has 5 rings (SSSR count). The van der Waals surface area contributed by atoms with Crippen molar-refractivity contribution in [1.29, 1.82) is 0 Å². The molecule has 2 aliphatic carbocycles. The molecule has 1 aliphatic heterocycles. The minimum absolute atomic E-state index is 0.0539. The van der Waals surface area contributed by atoms with Crippen molar-refractivity contribution in [3.8, 4) is 11.3 Å². The molecule has 0 N–H and O–H groups in total. The van der Waals surface area contributed by atoms with E-state index in [-0.39, 0.29) is 17.9 Å². The van der Waals surface area contributed by atoms with Crippen LogP contribution in [0, 0.1) is 0 Å². The van der Waals surface area contributed by atoms with E-state index in [4.69, 9.17) is 14.1 Å². The van der Waals surface area contributed by atoms with Gasteiger partial charge in [-0.2, -0.15) is 0 Å². The van der Waals surface area contributed by atoms with Crippen LogP contribution in [0.1, 0.15) is 87.3 Å². The molecule has 0 spiro atoms. The average Bonchev–Trinajstić information content (AvgIpc) is 3.50. The maximum atomic E-state index is 13.6. The molecule has 0 atom stereocenters. The number of thioether (sulfide) groups is 1. The van der Waals surface area contributed by atoms with Crippen molar-refractivity contribution in [2.24, 2.45) is 4.99 Å².